The summed E-state index contributed by atoms with van der Waals surface area (Å²) in [5.41, 5.74) is -0.305. The highest BCUT2D eigenvalue weighted by Crippen LogP contribution is 2.22. The first kappa shape index (κ1) is 10.4. The summed E-state index contributed by atoms with van der Waals surface area (Å²) in [6.45, 7) is 3.52. The molecule has 0 aromatic heterocycles. The van der Waals surface area contributed by atoms with Crippen LogP contribution in [0.1, 0.15) is 13.8 Å². The Bertz CT molecular complexity index is 352. The standard InChI is InChI=1S/C9H10FNO3/c1-6(2)14-9-4-7(10)3-8(5-9)11(12)13/h3-6H,1-2H3. The average molecular weight is 199 g/mol. The number of nitro groups is 1. The van der Waals surface area contributed by atoms with E-state index in [0.29, 0.717) is 0 Å². The van der Waals surface area contributed by atoms with Crippen LogP contribution in [-0.4, -0.2) is 11.0 Å². The second kappa shape index (κ2) is 4.04. The monoisotopic (exact) mass is 199 g/mol. The van der Waals surface area contributed by atoms with Crippen molar-refractivity contribution >= 4 is 5.69 Å². The number of nitro benzene ring substituents is 1. The summed E-state index contributed by atoms with van der Waals surface area (Å²) in [7, 11) is 0. The molecule has 0 heterocycles. The molecule has 5 heteroatoms. The van der Waals surface area contributed by atoms with Gasteiger partial charge in [-0.05, 0) is 13.8 Å². The Labute approximate surface area is 80.5 Å². The molecule has 0 atom stereocenters. The molecular weight excluding hydrogens is 189 g/mol. The molecule has 0 bridgehead atoms. The number of non-ortho nitro benzene ring substituents is 1. The van der Waals surface area contributed by atoms with E-state index < -0.39 is 10.7 Å². The molecule has 0 aliphatic rings. The van der Waals surface area contributed by atoms with Gasteiger partial charge in [-0.25, -0.2) is 4.39 Å². The summed E-state index contributed by atoms with van der Waals surface area (Å²) in [4.78, 5) is 9.72. The normalized spacial score (nSPS) is 10.3. The first-order chi connectivity index (χ1) is 6.49. The molecule has 0 amide bonds. The minimum absolute atomic E-state index is 0.142. The summed E-state index contributed by atoms with van der Waals surface area (Å²) in [6.07, 6.45) is -0.142. The number of halogens is 1. The summed E-state index contributed by atoms with van der Waals surface area (Å²) >= 11 is 0. The minimum Gasteiger partial charge on any atom is -0.491 e. The second-order valence-electron chi connectivity index (χ2n) is 3.07. The van der Waals surface area contributed by atoms with E-state index in [1.165, 1.54) is 6.07 Å². The number of benzene rings is 1. The van der Waals surface area contributed by atoms with Crippen LogP contribution < -0.4 is 4.74 Å². The molecule has 76 valence electrons. The molecule has 0 saturated carbocycles. The van der Waals surface area contributed by atoms with Gasteiger partial charge in [-0.15, -0.1) is 0 Å². The van der Waals surface area contributed by atoms with E-state index >= 15 is 0 Å². The fourth-order valence-electron chi connectivity index (χ4n) is 0.994. The lowest BCUT2D eigenvalue weighted by Crippen LogP contribution is -2.06. The summed E-state index contributed by atoms with van der Waals surface area (Å²) in [5.74, 6) is -0.499. The largest absolute Gasteiger partial charge is 0.491 e. The van der Waals surface area contributed by atoms with Crippen LogP contribution in [-0.2, 0) is 0 Å². The zero-order valence-corrected chi connectivity index (χ0v) is 7.86. The molecule has 1 rings (SSSR count). The molecular formula is C9H10FNO3. The zero-order valence-electron chi connectivity index (χ0n) is 7.86. The van der Waals surface area contributed by atoms with Crippen molar-refractivity contribution in [2.24, 2.45) is 0 Å². The maximum absolute atomic E-state index is 12.9. The van der Waals surface area contributed by atoms with Crippen molar-refractivity contribution in [1.29, 1.82) is 0 Å². The maximum atomic E-state index is 12.9. The van der Waals surface area contributed by atoms with Crippen LogP contribution in [0.25, 0.3) is 0 Å². The first-order valence-corrected chi connectivity index (χ1v) is 4.10. The Kier molecular flexibility index (Phi) is 3.01. The van der Waals surface area contributed by atoms with E-state index in [9.17, 15) is 14.5 Å². The van der Waals surface area contributed by atoms with E-state index in [1.807, 2.05) is 0 Å². The lowest BCUT2D eigenvalue weighted by Gasteiger charge is -2.08. The van der Waals surface area contributed by atoms with Gasteiger partial charge in [-0.2, -0.15) is 0 Å². The summed E-state index contributed by atoms with van der Waals surface area (Å²) in [6, 6.07) is 3.17. The SMILES string of the molecule is CC(C)Oc1cc(F)cc([N+](=O)[O-])c1. The zero-order chi connectivity index (χ0) is 10.7. The van der Waals surface area contributed by atoms with Crippen molar-refractivity contribution in [3.8, 4) is 5.75 Å². The maximum Gasteiger partial charge on any atom is 0.276 e. The molecule has 14 heavy (non-hydrogen) atoms. The Balaban J connectivity index is 3.01. The lowest BCUT2D eigenvalue weighted by atomic mass is 10.3. The fraction of sp³-hybridized carbons (Fsp3) is 0.333. The van der Waals surface area contributed by atoms with Crippen LogP contribution in [0.15, 0.2) is 18.2 Å². The highest BCUT2D eigenvalue weighted by Gasteiger charge is 2.11. The van der Waals surface area contributed by atoms with Gasteiger partial charge in [0.1, 0.15) is 11.6 Å². The van der Waals surface area contributed by atoms with E-state index in [4.69, 9.17) is 4.74 Å². The Hall–Kier alpha value is -1.65. The average Bonchev–Trinajstić information content (AvgIpc) is 2.01. The van der Waals surface area contributed by atoms with Gasteiger partial charge < -0.3 is 4.74 Å². The molecule has 0 unspecified atom stereocenters. The van der Waals surface area contributed by atoms with Crippen molar-refractivity contribution in [3.63, 3.8) is 0 Å². The van der Waals surface area contributed by atoms with Crippen LogP contribution >= 0.6 is 0 Å². The van der Waals surface area contributed by atoms with Crippen LogP contribution in [0, 0.1) is 15.9 Å². The molecule has 0 aliphatic carbocycles. The topological polar surface area (TPSA) is 52.4 Å². The Morgan fingerprint density at radius 1 is 1.43 bits per heavy atom. The van der Waals surface area contributed by atoms with Gasteiger partial charge in [0.2, 0.25) is 0 Å². The van der Waals surface area contributed by atoms with E-state index in [-0.39, 0.29) is 17.5 Å². The van der Waals surface area contributed by atoms with Crippen LogP contribution in [0.4, 0.5) is 10.1 Å². The number of hydrogen-bond acceptors (Lipinski definition) is 3. The predicted molar refractivity (Wildman–Crippen MR) is 48.8 cm³/mol. The summed E-state index contributed by atoms with van der Waals surface area (Å²) < 4.78 is 18.0. The highest BCUT2D eigenvalue weighted by molar-refractivity contribution is 5.38. The van der Waals surface area contributed by atoms with Crippen molar-refractivity contribution in [3.05, 3.63) is 34.1 Å². The molecule has 1 aromatic carbocycles. The summed E-state index contributed by atoms with van der Waals surface area (Å²) in [5, 5.41) is 10.4. The molecule has 0 radical (unpaired) electrons. The third-order valence-electron chi connectivity index (χ3n) is 1.44. The van der Waals surface area contributed by atoms with Crippen molar-refractivity contribution < 1.29 is 14.1 Å². The van der Waals surface area contributed by atoms with Gasteiger partial charge in [-0.1, -0.05) is 0 Å². The van der Waals surface area contributed by atoms with Gasteiger partial charge in [-0.3, -0.25) is 10.1 Å². The van der Waals surface area contributed by atoms with Gasteiger partial charge in [0, 0.05) is 6.07 Å². The number of hydrogen-bond donors (Lipinski definition) is 0. The molecule has 4 nitrogen and oxygen atoms in total. The number of ether oxygens (including phenoxy) is 1. The predicted octanol–water partition coefficient (Wildman–Crippen LogP) is 2.52. The quantitative estimate of drug-likeness (QED) is 0.555. The third-order valence-corrected chi connectivity index (χ3v) is 1.44. The van der Waals surface area contributed by atoms with Crippen molar-refractivity contribution in [2.75, 3.05) is 0 Å². The van der Waals surface area contributed by atoms with E-state index in [1.54, 1.807) is 13.8 Å². The third kappa shape index (κ3) is 2.69. The van der Waals surface area contributed by atoms with Crippen LogP contribution in [0.3, 0.4) is 0 Å². The Morgan fingerprint density at radius 3 is 2.57 bits per heavy atom. The number of nitrogens with zero attached hydrogens (tertiary/aromatic N) is 1. The van der Waals surface area contributed by atoms with Gasteiger partial charge in [0.15, 0.2) is 0 Å². The highest BCUT2D eigenvalue weighted by atomic mass is 19.1. The van der Waals surface area contributed by atoms with Gasteiger partial charge >= 0.3 is 0 Å². The smallest absolute Gasteiger partial charge is 0.276 e. The number of rotatable bonds is 3. The molecule has 0 saturated heterocycles. The van der Waals surface area contributed by atoms with Gasteiger partial charge in [0.25, 0.3) is 5.69 Å². The second-order valence-corrected chi connectivity index (χ2v) is 3.07. The minimum atomic E-state index is -0.671. The molecule has 0 aliphatic heterocycles. The first-order valence-electron chi connectivity index (χ1n) is 4.10. The lowest BCUT2D eigenvalue weighted by molar-refractivity contribution is -0.385. The van der Waals surface area contributed by atoms with Crippen LogP contribution in [0.5, 0.6) is 5.75 Å². The molecule has 0 spiro atoms. The Morgan fingerprint density at radius 2 is 2.07 bits per heavy atom. The molecule has 0 fully saturated rings. The van der Waals surface area contributed by atoms with E-state index in [2.05, 4.69) is 0 Å². The molecule has 1 aromatic rings. The van der Waals surface area contributed by atoms with Crippen molar-refractivity contribution in [2.45, 2.75) is 20.0 Å². The van der Waals surface area contributed by atoms with E-state index in [0.717, 1.165) is 12.1 Å². The van der Waals surface area contributed by atoms with Crippen molar-refractivity contribution in [1.82, 2.24) is 0 Å². The molecule has 0 N–H and O–H groups in total. The fourth-order valence-corrected chi connectivity index (χ4v) is 0.994. The van der Waals surface area contributed by atoms with Gasteiger partial charge in [0.05, 0.1) is 23.2 Å². The van der Waals surface area contributed by atoms with Crippen LogP contribution in [0.2, 0.25) is 0 Å².